The van der Waals surface area contributed by atoms with E-state index < -0.39 is 10.0 Å². The molecule has 6 heteroatoms. The molecule has 0 radical (unpaired) electrons. The highest BCUT2D eigenvalue weighted by Crippen LogP contribution is 2.31. The minimum Gasteiger partial charge on any atom is -0.268 e. The van der Waals surface area contributed by atoms with Gasteiger partial charge < -0.3 is 0 Å². The molecule has 0 spiro atoms. The third-order valence-corrected chi connectivity index (χ3v) is 6.11. The normalized spacial score (nSPS) is 12.1. The Morgan fingerprint density at radius 2 is 1.73 bits per heavy atom. The van der Waals surface area contributed by atoms with Crippen LogP contribution in [0.25, 0.3) is 11.3 Å². The van der Waals surface area contributed by atoms with Crippen LogP contribution in [0, 0.1) is 13.8 Å². The Morgan fingerprint density at radius 3 is 2.23 bits per heavy atom. The molecule has 0 saturated carbocycles. The first-order chi connectivity index (χ1) is 10.3. The lowest BCUT2D eigenvalue weighted by atomic mass is 10.0. The van der Waals surface area contributed by atoms with Gasteiger partial charge in [0.05, 0.1) is 10.6 Å². The topological polar surface area (TPSA) is 55.2 Å². The van der Waals surface area contributed by atoms with Crippen LogP contribution in [-0.2, 0) is 17.1 Å². The number of nitrogens with zero attached hydrogens (tertiary/aromatic N) is 3. The van der Waals surface area contributed by atoms with E-state index in [1.165, 1.54) is 4.31 Å². The van der Waals surface area contributed by atoms with Crippen molar-refractivity contribution in [3.63, 3.8) is 0 Å². The highest BCUT2D eigenvalue weighted by molar-refractivity contribution is 7.89. The average molecular weight is 321 g/mol. The number of aryl methyl sites for hydroxylation is 3. The molecular formula is C16H23N3O2S. The lowest BCUT2D eigenvalue weighted by molar-refractivity contribution is 0.445. The van der Waals surface area contributed by atoms with Crippen molar-refractivity contribution in [1.29, 1.82) is 0 Å². The van der Waals surface area contributed by atoms with E-state index in [0.717, 1.165) is 16.8 Å². The van der Waals surface area contributed by atoms with Crippen molar-refractivity contribution >= 4 is 10.0 Å². The van der Waals surface area contributed by atoms with Crippen LogP contribution in [-0.4, -0.2) is 35.6 Å². The number of sulfonamides is 1. The molecular weight excluding hydrogens is 298 g/mol. The molecule has 2 rings (SSSR count). The summed E-state index contributed by atoms with van der Waals surface area (Å²) in [5.41, 5.74) is 3.54. The molecule has 0 N–H and O–H groups in total. The van der Waals surface area contributed by atoms with Crippen molar-refractivity contribution in [2.45, 2.75) is 32.6 Å². The van der Waals surface area contributed by atoms with Crippen LogP contribution in [0.4, 0.5) is 0 Å². The summed E-state index contributed by atoms with van der Waals surface area (Å²) in [6, 6.07) is 5.54. The molecule has 22 heavy (non-hydrogen) atoms. The molecule has 0 atom stereocenters. The van der Waals surface area contributed by atoms with E-state index in [4.69, 9.17) is 0 Å². The second kappa shape index (κ2) is 6.22. The third-order valence-electron chi connectivity index (χ3n) is 4.02. The summed E-state index contributed by atoms with van der Waals surface area (Å²) in [6.07, 6.45) is 1.68. The Labute approximate surface area is 132 Å². The SMILES string of the molecule is CCN(CC)S(=O)(=O)c1cc(C)c(C)cc1-c1ccnn1C. The molecule has 0 amide bonds. The first-order valence-electron chi connectivity index (χ1n) is 7.42. The van der Waals surface area contributed by atoms with Gasteiger partial charge in [0, 0.05) is 31.9 Å². The number of hydrogen-bond acceptors (Lipinski definition) is 3. The molecule has 0 aliphatic carbocycles. The number of aromatic nitrogens is 2. The lowest BCUT2D eigenvalue weighted by Gasteiger charge is -2.21. The first kappa shape index (κ1) is 16.7. The Balaban J connectivity index is 2.76. The molecule has 1 heterocycles. The molecule has 0 saturated heterocycles. The fourth-order valence-electron chi connectivity index (χ4n) is 2.54. The van der Waals surface area contributed by atoms with Crippen LogP contribution in [0.2, 0.25) is 0 Å². The van der Waals surface area contributed by atoms with E-state index in [-0.39, 0.29) is 0 Å². The summed E-state index contributed by atoms with van der Waals surface area (Å²) >= 11 is 0. The quantitative estimate of drug-likeness (QED) is 0.851. The van der Waals surface area contributed by atoms with Gasteiger partial charge in [0.15, 0.2) is 0 Å². The summed E-state index contributed by atoms with van der Waals surface area (Å²) in [4.78, 5) is 0.350. The van der Waals surface area contributed by atoms with Crippen LogP contribution >= 0.6 is 0 Å². The molecule has 0 bridgehead atoms. The highest BCUT2D eigenvalue weighted by atomic mass is 32.2. The smallest absolute Gasteiger partial charge is 0.243 e. The van der Waals surface area contributed by atoms with Gasteiger partial charge in [0.25, 0.3) is 0 Å². The van der Waals surface area contributed by atoms with Gasteiger partial charge in [-0.1, -0.05) is 13.8 Å². The van der Waals surface area contributed by atoms with Gasteiger partial charge in [-0.2, -0.15) is 9.40 Å². The standard InChI is InChI=1S/C16H23N3O2S/c1-6-19(7-2)22(20,21)16-11-13(4)12(3)10-14(16)15-8-9-17-18(15)5/h8-11H,6-7H2,1-5H3. The van der Waals surface area contributed by atoms with Crippen molar-refractivity contribution < 1.29 is 8.42 Å². The monoisotopic (exact) mass is 321 g/mol. The second-order valence-electron chi connectivity index (χ2n) is 5.36. The zero-order valence-corrected chi connectivity index (χ0v) is 14.6. The van der Waals surface area contributed by atoms with Gasteiger partial charge in [0.2, 0.25) is 10.0 Å². The molecule has 5 nitrogen and oxygen atoms in total. The number of hydrogen-bond donors (Lipinski definition) is 0. The van der Waals surface area contributed by atoms with Crippen molar-refractivity contribution in [2.24, 2.45) is 7.05 Å². The van der Waals surface area contributed by atoms with Crippen molar-refractivity contribution in [1.82, 2.24) is 14.1 Å². The van der Waals surface area contributed by atoms with E-state index >= 15 is 0 Å². The van der Waals surface area contributed by atoms with E-state index in [1.807, 2.05) is 46.9 Å². The predicted octanol–water partition coefficient (Wildman–Crippen LogP) is 2.73. The summed E-state index contributed by atoms with van der Waals surface area (Å²) in [5, 5.41) is 4.16. The van der Waals surface area contributed by atoms with E-state index in [9.17, 15) is 8.42 Å². The van der Waals surface area contributed by atoms with E-state index in [2.05, 4.69) is 5.10 Å². The molecule has 0 fully saturated rings. The van der Waals surface area contributed by atoms with Gasteiger partial charge in [-0.15, -0.1) is 0 Å². The van der Waals surface area contributed by atoms with Gasteiger partial charge in [-0.3, -0.25) is 4.68 Å². The maximum atomic E-state index is 13.0. The number of benzene rings is 1. The minimum absolute atomic E-state index is 0.350. The molecule has 1 aromatic carbocycles. The average Bonchev–Trinajstić information content (AvgIpc) is 2.88. The maximum absolute atomic E-state index is 13.0. The van der Waals surface area contributed by atoms with Gasteiger partial charge in [-0.25, -0.2) is 8.42 Å². The summed E-state index contributed by atoms with van der Waals surface area (Å²) in [6.45, 7) is 8.54. The molecule has 0 aliphatic heterocycles. The summed E-state index contributed by atoms with van der Waals surface area (Å²) < 4.78 is 29.1. The summed E-state index contributed by atoms with van der Waals surface area (Å²) in [5.74, 6) is 0. The maximum Gasteiger partial charge on any atom is 0.243 e. The molecule has 2 aromatic rings. The first-order valence-corrected chi connectivity index (χ1v) is 8.86. The fraction of sp³-hybridized carbons (Fsp3) is 0.438. The molecule has 120 valence electrons. The molecule has 0 aliphatic rings. The van der Waals surface area contributed by atoms with Gasteiger partial charge >= 0.3 is 0 Å². The second-order valence-corrected chi connectivity index (χ2v) is 7.27. The van der Waals surface area contributed by atoms with Crippen LogP contribution in [0.5, 0.6) is 0 Å². The van der Waals surface area contributed by atoms with Gasteiger partial charge in [0.1, 0.15) is 0 Å². The third kappa shape index (κ3) is 2.80. The number of rotatable bonds is 5. The van der Waals surface area contributed by atoms with Crippen LogP contribution in [0.15, 0.2) is 29.3 Å². The predicted molar refractivity (Wildman–Crippen MR) is 88.2 cm³/mol. The zero-order valence-electron chi connectivity index (χ0n) is 13.8. The summed E-state index contributed by atoms with van der Waals surface area (Å²) in [7, 11) is -1.70. The molecule has 1 aromatic heterocycles. The highest BCUT2D eigenvalue weighted by Gasteiger charge is 2.26. The van der Waals surface area contributed by atoms with Gasteiger partial charge in [-0.05, 0) is 43.2 Å². The molecule has 0 unspecified atom stereocenters. The van der Waals surface area contributed by atoms with E-state index in [1.54, 1.807) is 16.9 Å². The van der Waals surface area contributed by atoms with Crippen molar-refractivity contribution in [2.75, 3.05) is 13.1 Å². The Bertz CT molecular complexity index is 775. The largest absolute Gasteiger partial charge is 0.268 e. The Kier molecular flexibility index (Phi) is 4.72. The fourth-order valence-corrected chi connectivity index (χ4v) is 4.27. The van der Waals surface area contributed by atoms with Crippen LogP contribution < -0.4 is 0 Å². The zero-order chi connectivity index (χ0) is 16.5. The Hall–Kier alpha value is -1.66. The lowest BCUT2D eigenvalue weighted by Crippen LogP contribution is -2.31. The minimum atomic E-state index is -3.52. The van der Waals surface area contributed by atoms with Crippen molar-refractivity contribution in [3.8, 4) is 11.3 Å². The van der Waals surface area contributed by atoms with Crippen LogP contribution in [0.1, 0.15) is 25.0 Å². The Morgan fingerprint density at radius 1 is 1.14 bits per heavy atom. The van der Waals surface area contributed by atoms with E-state index in [0.29, 0.717) is 23.5 Å². The van der Waals surface area contributed by atoms with Crippen molar-refractivity contribution in [3.05, 3.63) is 35.5 Å². The van der Waals surface area contributed by atoms with Crippen LogP contribution in [0.3, 0.4) is 0 Å².